The van der Waals surface area contributed by atoms with Crippen LogP contribution in [0.15, 0.2) is 18.2 Å². The van der Waals surface area contributed by atoms with Crippen molar-refractivity contribution in [2.75, 3.05) is 11.9 Å². The summed E-state index contributed by atoms with van der Waals surface area (Å²) in [5.74, 6) is -0.691. The first kappa shape index (κ1) is 19.8. The third-order valence-electron chi connectivity index (χ3n) is 2.72. The highest BCUT2D eigenvalue weighted by molar-refractivity contribution is 5.89. The third kappa shape index (κ3) is 6.10. The van der Waals surface area contributed by atoms with Crippen LogP contribution >= 0.6 is 0 Å². The summed E-state index contributed by atoms with van der Waals surface area (Å²) in [5.41, 5.74) is -2.45. The van der Waals surface area contributed by atoms with Gasteiger partial charge in [-0.15, -0.1) is 0 Å². The molecule has 1 amide bonds. The van der Waals surface area contributed by atoms with Crippen molar-refractivity contribution < 1.29 is 32.2 Å². The Balaban J connectivity index is 3.20. The van der Waals surface area contributed by atoms with Gasteiger partial charge in [-0.1, -0.05) is 12.1 Å². The van der Waals surface area contributed by atoms with Crippen LogP contribution in [0.1, 0.15) is 38.8 Å². The molecule has 0 atom stereocenters. The molecule has 0 unspecified atom stereocenters. The van der Waals surface area contributed by atoms with E-state index in [1.165, 1.54) is 6.07 Å². The number of carbonyl (C=O) groups excluding carboxylic acids is 2. The average Bonchev–Trinajstić information content (AvgIpc) is 2.37. The molecule has 0 aliphatic carbocycles. The highest BCUT2D eigenvalue weighted by Gasteiger charge is 2.35. The highest BCUT2D eigenvalue weighted by atomic mass is 19.4. The van der Waals surface area contributed by atoms with Crippen LogP contribution in [0.25, 0.3) is 0 Å². The van der Waals surface area contributed by atoms with Gasteiger partial charge in [0, 0.05) is 0 Å². The molecule has 0 aliphatic heterocycles. The predicted octanol–water partition coefficient (Wildman–Crippen LogP) is 4.16. The van der Waals surface area contributed by atoms with Gasteiger partial charge in [-0.2, -0.15) is 13.2 Å². The fourth-order valence-electron chi connectivity index (χ4n) is 1.90. The minimum atomic E-state index is -4.70. The zero-order valence-corrected chi connectivity index (χ0v) is 13.9. The van der Waals surface area contributed by atoms with Gasteiger partial charge in [0.1, 0.15) is 5.60 Å². The lowest BCUT2D eigenvalue weighted by Gasteiger charge is -2.22. The number of amides is 1. The zero-order valence-electron chi connectivity index (χ0n) is 13.9. The summed E-state index contributed by atoms with van der Waals surface area (Å²) in [7, 11) is 0. The van der Waals surface area contributed by atoms with Crippen LogP contribution in [0.2, 0.25) is 0 Å². The Morgan fingerprint density at radius 1 is 1.17 bits per heavy atom. The maximum Gasteiger partial charge on any atom is 0.418 e. The lowest BCUT2D eigenvalue weighted by atomic mass is 10.0. The largest absolute Gasteiger partial charge is 0.466 e. The van der Waals surface area contributed by atoms with Gasteiger partial charge < -0.3 is 9.47 Å². The van der Waals surface area contributed by atoms with E-state index in [0.29, 0.717) is 0 Å². The van der Waals surface area contributed by atoms with Crippen LogP contribution in [-0.4, -0.2) is 24.3 Å². The van der Waals surface area contributed by atoms with Gasteiger partial charge in [0.25, 0.3) is 0 Å². The van der Waals surface area contributed by atoms with E-state index in [1.54, 1.807) is 27.7 Å². The molecule has 1 aromatic carbocycles. The van der Waals surface area contributed by atoms with Crippen molar-refractivity contribution in [3.05, 3.63) is 29.3 Å². The molecule has 1 N–H and O–H groups in total. The summed E-state index contributed by atoms with van der Waals surface area (Å²) >= 11 is 0. The van der Waals surface area contributed by atoms with Crippen LogP contribution in [0, 0.1) is 0 Å². The second kappa shape index (κ2) is 7.55. The van der Waals surface area contributed by atoms with Crippen LogP contribution in [0.5, 0.6) is 0 Å². The molecule has 0 heterocycles. The minimum absolute atomic E-state index is 0.00543. The topological polar surface area (TPSA) is 64.6 Å². The van der Waals surface area contributed by atoms with E-state index in [2.05, 4.69) is 5.32 Å². The molecular weight excluding hydrogens is 327 g/mol. The molecule has 1 rings (SSSR count). The molecule has 24 heavy (non-hydrogen) atoms. The Hall–Kier alpha value is -2.25. The van der Waals surface area contributed by atoms with Crippen LogP contribution in [-0.2, 0) is 26.9 Å². The van der Waals surface area contributed by atoms with E-state index < -0.39 is 41.5 Å². The standard InChI is InChI=1S/C16H20F3NO4/c1-5-23-12(21)9-10-7-6-8-11(16(17,18)19)13(10)20-14(22)24-15(2,3)4/h6-8H,5,9H2,1-4H3,(H,20,22). The monoisotopic (exact) mass is 347 g/mol. The second-order valence-corrected chi connectivity index (χ2v) is 5.95. The Labute approximate surface area is 138 Å². The van der Waals surface area contributed by atoms with Gasteiger partial charge in [0.15, 0.2) is 0 Å². The molecule has 0 spiro atoms. The molecule has 8 heteroatoms. The number of benzene rings is 1. The fourth-order valence-corrected chi connectivity index (χ4v) is 1.90. The molecule has 0 radical (unpaired) electrons. The van der Waals surface area contributed by atoms with E-state index in [0.717, 1.165) is 12.1 Å². The first-order valence-corrected chi connectivity index (χ1v) is 7.28. The normalized spacial score (nSPS) is 11.8. The summed E-state index contributed by atoms with van der Waals surface area (Å²) in [6, 6.07) is 3.30. The number of alkyl halides is 3. The maximum absolute atomic E-state index is 13.2. The molecule has 0 fully saturated rings. The summed E-state index contributed by atoms with van der Waals surface area (Å²) in [6.07, 6.45) is -6.14. The third-order valence-corrected chi connectivity index (χ3v) is 2.72. The number of rotatable bonds is 4. The molecule has 0 aromatic heterocycles. The number of hydrogen-bond donors (Lipinski definition) is 1. The predicted molar refractivity (Wildman–Crippen MR) is 81.6 cm³/mol. The molecule has 1 aromatic rings. The number of hydrogen-bond acceptors (Lipinski definition) is 4. The molecule has 0 saturated carbocycles. The summed E-state index contributed by atoms with van der Waals surface area (Å²) in [4.78, 5) is 23.4. The maximum atomic E-state index is 13.2. The quantitative estimate of drug-likeness (QED) is 0.831. The number of ether oxygens (including phenoxy) is 2. The molecule has 0 bridgehead atoms. The summed E-state index contributed by atoms with van der Waals surface area (Å²) < 4.78 is 49.3. The molecule has 0 aliphatic rings. The Morgan fingerprint density at radius 3 is 2.29 bits per heavy atom. The number of nitrogens with one attached hydrogen (secondary N) is 1. The van der Waals surface area contributed by atoms with E-state index in [9.17, 15) is 22.8 Å². The Kier molecular flexibility index (Phi) is 6.22. The van der Waals surface area contributed by atoms with E-state index in [1.807, 2.05) is 0 Å². The number of esters is 1. The Morgan fingerprint density at radius 2 is 1.79 bits per heavy atom. The number of para-hydroxylation sites is 1. The zero-order chi connectivity index (χ0) is 18.5. The Bertz CT molecular complexity index is 606. The van der Waals surface area contributed by atoms with Crippen molar-refractivity contribution in [2.24, 2.45) is 0 Å². The van der Waals surface area contributed by atoms with Gasteiger partial charge >= 0.3 is 18.2 Å². The van der Waals surface area contributed by atoms with Crippen molar-refractivity contribution in [3.8, 4) is 0 Å². The second-order valence-electron chi connectivity index (χ2n) is 5.95. The van der Waals surface area contributed by atoms with Crippen molar-refractivity contribution in [2.45, 2.75) is 45.9 Å². The molecule has 0 saturated heterocycles. The van der Waals surface area contributed by atoms with Crippen LogP contribution < -0.4 is 5.32 Å². The number of halogens is 3. The number of anilines is 1. The summed E-state index contributed by atoms with van der Waals surface area (Å²) in [6.45, 7) is 6.45. The SMILES string of the molecule is CCOC(=O)Cc1cccc(C(F)(F)F)c1NC(=O)OC(C)(C)C. The van der Waals surface area contributed by atoms with Gasteiger partial charge in [0.2, 0.25) is 0 Å². The molecular formula is C16H20F3NO4. The fraction of sp³-hybridized carbons (Fsp3) is 0.500. The van der Waals surface area contributed by atoms with Gasteiger partial charge in [-0.3, -0.25) is 10.1 Å². The van der Waals surface area contributed by atoms with Crippen LogP contribution in [0.3, 0.4) is 0 Å². The number of carbonyl (C=O) groups is 2. The van der Waals surface area contributed by atoms with Gasteiger partial charge in [0.05, 0.1) is 24.3 Å². The summed E-state index contributed by atoms with van der Waals surface area (Å²) in [5, 5.41) is 2.10. The smallest absolute Gasteiger partial charge is 0.418 e. The van der Waals surface area contributed by atoms with E-state index in [-0.39, 0.29) is 12.2 Å². The van der Waals surface area contributed by atoms with Crippen molar-refractivity contribution >= 4 is 17.7 Å². The van der Waals surface area contributed by atoms with E-state index in [4.69, 9.17) is 9.47 Å². The van der Waals surface area contributed by atoms with Crippen molar-refractivity contribution in [1.29, 1.82) is 0 Å². The lowest BCUT2D eigenvalue weighted by Crippen LogP contribution is -2.28. The van der Waals surface area contributed by atoms with Crippen molar-refractivity contribution in [3.63, 3.8) is 0 Å². The molecule has 5 nitrogen and oxygen atoms in total. The first-order chi connectivity index (χ1) is 10.9. The highest BCUT2D eigenvalue weighted by Crippen LogP contribution is 2.37. The van der Waals surface area contributed by atoms with Crippen LogP contribution in [0.4, 0.5) is 23.7 Å². The lowest BCUT2D eigenvalue weighted by molar-refractivity contribution is -0.142. The van der Waals surface area contributed by atoms with Gasteiger partial charge in [-0.05, 0) is 39.3 Å². The van der Waals surface area contributed by atoms with Gasteiger partial charge in [-0.25, -0.2) is 4.79 Å². The molecule has 134 valence electrons. The average molecular weight is 347 g/mol. The first-order valence-electron chi connectivity index (χ1n) is 7.28. The van der Waals surface area contributed by atoms with E-state index >= 15 is 0 Å². The van der Waals surface area contributed by atoms with Crippen molar-refractivity contribution in [1.82, 2.24) is 0 Å². The minimum Gasteiger partial charge on any atom is -0.466 e.